The average Bonchev–Trinajstić information content (AvgIpc) is 2.76. The van der Waals surface area contributed by atoms with Gasteiger partial charge in [-0.05, 0) is 77.4 Å². The van der Waals surface area contributed by atoms with Gasteiger partial charge in [0.1, 0.15) is 11.5 Å². The number of benzene rings is 3. The van der Waals surface area contributed by atoms with E-state index in [1.54, 1.807) is 0 Å². The van der Waals surface area contributed by atoms with Gasteiger partial charge in [-0.3, -0.25) is 9.59 Å². The molecule has 1 amide bonds. The predicted molar refractivity (Wildman–Crippen MR) is 130 cm³/mol. The molecule has 2 N–H and O–H groups in total. The van der Waals surface area contributed by atoms with Crippen molar-refractivity contribution in [1.29, 1.82) is 0 Å². The van der Waals surface area contributed by atoms with Gasteiger partial charge in [0.05, 0.1) is 0 Å². The molecule has 172 valence electrons. The molecule has 0 aliphatic heterocycles. The minimum absolute atomic E-state index is 0.0484. The summed E-state index contributed by atoms with van der Waals surface area (Å²) in [5.41, 5.74) is 4.79. The lowest BCUT2D eigenvalue weighted by Crippen LogP contribution is -2.23. The molecule has 0 unspecified atom stereocenters. The lowest BCUT2D eigenvalue weighted by molar-refractivity contribution is -0.136. The highest BCUT2D eigenvalue weighted by Crippen LogP contribution is 2.25. The van der Waals surface area contributed by atoms with E-state index in [4.69, 9.17) is 9.84 Å². The van der Waals surface area contributed by atoms with Crippen LogP contribution in [0.5, 0.6) is 11.5 Å². The van der Waals surface area contributed by atoms with E-state index in [0.29, 0.717) is 30.0 Å². The molecule has 3 aromatic carbocycles. The van der Waals surface area contributed by atoms with Crippen molar-refractivity contribution in [2.24, 2.45) is 0 Å². The summed E-state index contributed by atoms with van der Waals surface area (Å²) in [5, 5.41) is 11.8. The van der Waals surface area contributed by atoms with Crippen molar-refractivity contribution in [1.82, 2.24) is 5.32 Å². The fraction of sp³-hybridized carbons (Fsp3) is 0.286. The third-order valence-electron chi connectivity index (χ3n) is 5.52. The molecule has 0 radical (unpaired) electrons. The summed E-state index contributed by atoms with van der Waals surface area (Å²) >= 11 is 0. The average molecular weight is 446 g/mol. The van der Waals surface area contributed by atoms with Gasteiger partial charge >= 0.3 is 5.97 Å². The number of rotatable bonds is 8. The summed E-state index contributed by atoms with van der Waals surface area (Å²) in [6.07, 6.45) is 0.602. The van der Waals surface area contributed by atoms with Crippen molar-refractivity contribution < 1.29 is 19.4 Å². The number of nitrogens with one attached hydrogen (secondary N) is 1. The number of carboxylic acid groups (broad SMARTS) is 1. The number of hydrogen-bond donors (Lipinski definition) is 2. The molecule has 0 saturated heterocycles. The highest BCUT2D eigenvalue weighted by molar-refractivity contribution is 5.94. The third kappa shape index (κ3) is 6.94. The topological polar surface area (TPSA) is 75.6 Å². The molecule has 3 aromatic rings. The van der Waals surface area contributed by atoms with Crippen LogP contribution < -0.4 is 10.1 Å². The SMILES string of the molecule is Cc1cc(Oc2cccc(CNC(=O)c3ccc(C(C)(C)C)cc3)c2)ccc1CCC(=O)O. The van der Waals surface area contributed by atoms with E-state index in [2.05, 4.69) is 26.1 Å². The first-order valence-electron chi connectivity index (χ1n) is 11.1. The van der Waals surface area contributed by atoms with Crippen molar-refractivity contribution in [3.63, 3.8) is 0 Å². The number of ether oxygens (including phenoxy) is 1. The van der Waals surface area contributed by atoms with E-state index in [1.165, 1.54) is 5.56 Å². The summed E-state index contributed by atoms with van der Waals surface area (Å²) in [6.45, 7) is 8.78. The lowest BCUT2D eigenvalue weighted by atomic mass is 9.87. The van der Waals surface area contributed by atoms with Crippen molar-refractivity contribution in [3.8, 4) is 11.5 Å². The summed E-state index contributed by atoms with van der Waals surface area (Å²) in [4.78, 5) is 23.3. The molecule has 0 saturated carbocycles. The zero-order chi connectivity index (χ0) is 24.0. The first-order valence-corrected chi connectivity index (χ1v) is 11.1. The van der Waals surface area contributed by atoms with Crippen molar-refractivity contribution in [2.75, 3.05) is 0 Å². The van der Waals surface area contributed by atoms with E-state index >= 15 is 0 Å². The molecule has 33 heavy (non-hydrogen) atoms. The van der Waals surface area contributed by atoms with Gasteiger partial charge in [-0.25, -0.2) is 0 Å². The number of hydrogen-bond acceptors (Lipinski definition) is 3. The highest BCUT2D eigenvalue weighted by Gasteiger charge is 2.14. The second kappa shape index (κ2) is 10.3. The van der Waals surface area contributed by atoms with E-state index in [1.807, 2.05) is 73.7 Å². The van der Waals surface area contributed by atoms with E-state index < -0.39 is 5.97 Å². The van der Waals surface area contributed by atoms with E-state index in [-0.39, 0.29) is 17.7 Å². The molecular weight excluding hydrogens is 414 g/mol. The monoisotopic (exact) mass is 445 g/mol. The molecule has 0 aromatic heterocycles. The van der Waals surface area contributed by atoms with Gasteiger partial charge in [0.25, 0.3) is 5.91 Å². The Morgan fingerprint density at radius 2 is 1.64 bits per heavy atom. The van der Waals surface area contributed by atoms with E-state index in [0.717, 1.165) is 16.7 Å². The van der Waals surface area contributed by atoms with Gasteiger partial charge in [0.2, 0.25) is 0 Å². The van der Waals surface area contributed by atoms with Crippen LogP contribution in [0.4, 0.5) is 0 Å². The van der Waals surface area contributed by atoms with E-state index in [9.17, 15) is 9.59 Å². The van der Waals surface area contributed by atoms with Crippen LogP contribution in [0.3, 0.4) is 0 Å². The molecule has 0 atom stereocenters. The van der Waals surface area contributed by atoms with Gasteiger partial charge < -0.3 is 15.2 Å². The minimum atomic E-state index is -0.805. The molecule has 0 heterocycles. The summed E-state index contributed by atoms with van der Waals surface area (Å²) in [5.74, 6) is 0.440. The van der Waals surface area contributed by atoms with Crippen LogP contribution in [0.25, 0.3) is 0 Å². The largest absolute Gasteiger partial charge is 0.481 e. The maximum atomic E-state index is 12.5. The fourth-order valence-electron chi connectivity index (χ4n) is 3.51. The van der Waals surface area contributed by atoms with Crippen LogP contribution in [0, 0.1) is 6.92 Å². The second-order valence-corrected chi connectivity index (χ2v) is 9.24. The van der Waals surface area contributed by atoms with Crippen LogP contribution in [0.15, 0.2) is 66.7 Å². The number of carbonyl (C=O) groups is 2. The maximum Gasteiger partial charge on any atom is 0.303 e. The van der Waals surface area contributed by atoms with Gasteiger partial charge in [-0.2, -0.15) is 0 Å². The van der Waals surface area contributed by atoms with Crippen LogP contribution in [-0.4, -0.2) is 17.0 Å². The Hall–Kier alpha value is -3.60. The molecular formula is C28H31NO4. The zero-order valence-electron chi connectivity index (χ0n) is 19.6. The Morgan fingerprint density at radius 1 is 0.939 bits per heavy atom. The molecule has 0 fully saturated rings. The zero-order valence-corrected chi connectivity index (χ0v) is 19.6. The second-order valence-electron chi connectivity index (χ2n) is 9.24. The smallest absolute Gasteiger partial charge is 0.303 e. The van der Waals surface area contributed by atoms with Crippen molar-refractivity contribution in [3.05, 3.63) is 94.5 Å². The summed E-state index contributed by atoms with van der Waals surface area (Å²) < 4.78 is 5.99. The van der Waals surface area contributed by atoms with Gasteiger partial charge in [-0.15, -0.1) is 0 Å². The molecule has 0 aliphatic carbocycles. The summed E-state index contributed by atoms with van der Waals surface area (Å²) in [6, 6.07) is 21.0. The predicted octanol–water partition coefficient (Wildman–Crippen LogP) is 6.03. The first-order chi connectivity index (χ1) is 15.6. The normalized spacial score (nSPS) is 11.2. The Balaban J connectivity index is 1.60. The van der Waals surface area contributed by atoms with Gasteiger partial charge in [-0.1, -0.05) is 51.1 Å². The third-order valence-corrected chi connectivity index (χ3v) is 5.52. The Bertz CT molecular complexity index is 1130. The van der Waals surface area contributed by atoms with Crippen molar-refractivity contribution in [2.45, 2.75) is 52.5 Å². The number of carboxylic acids is 1. The Labute approximate surface area is 195 Å². The van der Waals surface area contributed by atoms with Crippen molar-refractivity contribution >= 4 is 11.9 Å². The first kappa shape index (κ1) is 24.1. The molecule has 0 spiro atoms. The number of aliphatic carboxylic acids is 1. The lowest BCUT2D eigenvalue weighted by Gasteiger charge is -2.19. The number of aryl methyl sites for hydroxylation is 2. The molecule has 0 bridgehead atoms. The van der Waals surface area contributed by atoms with Crippen LogP contribution in [0.1, 0.15) is 59.8 Å². The van der Waals surface area contributed by atoms with Gasteiger partial charge in [0.15, 0.2) is 0 Å². The molecule has 3 rings (SSSR count). The molecule has 0 aliphatic rings. The Morgan fingerprint density at radius 3 is 2.27 bits per heavy atom. The Kier molecular flexibility index (Phi) is 7.54. The van der Waals surface area contributed by atoms with Crippen LogP contribution in [0.2, 0.25) is 0 Å². The molecule has 5 heteroatoms. The summed E-state index contributed by atoms with van der Waals surface area (Å²) in [7, 11) is 0. The minimum Gasteiger partial charge on any atom is -0.481 e. The standard InChI is InChI=1S/C28H31NO4/c1-19-16-25(14-10-21(19)11-15-26(30)31)33-24-7-5-6-20(17-24)18-29-27(32)22-8-12-23(13-9-22)28(2,3)4/h5-10,12-14,16-17H,11,15,18H2,1-4H3,(H,29,32)(H,30,31). The van der Waals surface area contributed by atoms with Crippen LogP contribution in [-0.2, 0) is 23.2 Å². The number of carbonyl (C=O) groups excluding carboxylic acids is 1. The quantitative estimate of drug-likeness (QED) is 0.444. The fourth-order valence-corrected chi connectivity index (χ4v) is 3.51. The maximum absolute atomic E-state index is 12.5. The molecule has 5 nitrogen and oxygen atoms in total. The van der Waals surface area contributed by atoms with Gasteiger partial charge in [0, 0.05) is 18.5 Å². The highest BCUT2D eigenvalue weighted by atomic mass is 16.5. The number of amides is 1. The van der Waals surface area contributed by atoms with Crippen LogP contribution >= 0.6 is 0 Å².